The van der Waals surface area contributed by atoms with E-state index in [1.54, 1.807) is 12.1 Å². The van der Waals surface area contributed by atoms with Crippen molar-refractivity contribution in [1.29, 1.82) is 0 Å². The van der Waals surface area contributed by atoms with Crippen molar-refractivity contribution in [2.45, 2.75) is 20.4 Å². The topological polar surface area (TPSA) is 93.1 Å². The molecule has 142 valence electrons. The number of benzene rings is 2. The Morgan fingerprint density at radius 3 is 2.32 bits per heavy atom. The highest BCUT2D eigenvalue weighted by molar-refractivity contribution is 5.91. The molecule has 0 unspecified atom stereocenters. The second-order valence-corrected chi connectivity index (χ2v) is 6.37. The Hall–Kier alpha value is -3.74. The first-order chi connectivity index (χ1) is 13.4. The molecular weight excluding hydrogens is 356 g/mol. The van der Waals surface area contributed by atoms with Crippen LogP contribution in [0.4, 0.5) is 11.4 Å². The Morgan fingerprint density at radius 2 is 1.68 bits per heavy atom. The van der Waals surface area contributed by atoms with Crippen LogP contribution in [0.1, 0.15) is 12.5 Å². The minimum absolute atomic E-state index is 0.0736. The van der Waals surface area contributed by atoms with Gasteiger partial charge in [0.1, 0.15) is 12.2 Å². The van der Waals surface area contributed by atoms with Crippen LogP contribution in [0, 0.1) is 6.92 Å². The molecule has 0 atom stereocenters. The summed E-state index contributed by atoms with van der Waals surface area (Å²) >= 11 is 0. The van der Waals surface area contributed by atoms with E-state index in [4.69, 9.17) is 0 Å². The molecule has 7 heteroatoms. The van der Waals surface area contributed by atoms with Gasteiger partial charge in [-0.3, -0.25) is 14.4 Å². The zero-order valence-electron chi connectivity index (χ0n) is 15.6. The number of hydrogen-bond donors (Lipinski definition) is 2. The van der Waals surface area contributed by atoms with Crippen LogP contribution in [-0.2, 0) is 16.1 Å². The van der Waals surface area contributed by atoms with Crippen LogP contribution < -0.4 is 16.2 Å². The predicted octanol–water partition coefficient (Wildman–Crippen LogP) is 2.82. The predicted molar refractivity (Wildman–Crippen MR) is 108 cm³/mol. The molecule has 28 heavy (non-hydrogen) atoms. The van der Waals surface area contributed by atoms with Crippen LogP contribution in [0.5, 0.6) is 0 Å². The molecule has 2 amide bonds. The summed E-state index contributed by atoms with van der Waals surface area (Å²) in [5.41, 5.74) is 2.48. The molecule has 7 nitrogen and oxygen atoms in total. The molecule has 0 spiro atoms. The molecule has 2 aromatic carbocycles. The lowest BCUT2D eigenvalue weighted by Gasteiger charge is -2.11. The Kier molecular flexibility index (Phi) is 5.64. The molecule has 0 aliphatic rings. The van der Waals surface area contributed by atoms with Gasteiger partial charge in [0, 0.05) is 18.2 Å². The SMILES string of the molecule is CC(=O)Nc1cc(-c2ccccc2)nn(CC(=O)Nc2ccc(C)cc2)c1=O. The normalized spacial score (nSPS) is 10.4. The quantitative estimate of drug-likeness (QED) is 0.716. The fourth-order valence-corrected chi connectivity index (χ4v) is 2.65. The Labute approximate surface area is 162 Å². The first kappa shape index (κ1) is 19.0. The number of nitrogens with one attached hydrogen (secondary N) is 2. The lowest BCUT2D eigenvalue weighted by Crippen LogP contribution is -2.32. The van der Waals surface area contributed by atoms with E-state index < -0.39 is 11.5 Å². The number of amides is 2. The largest absolute Gasteiger partial charge is 0.324 e. The van der Waals surface area contributed by atoms with Crippen LogP contribution in [0.2, 0.25) is 0 Å². The molecule has 1 aromatic heterocycles. The van der Waals surface area contributed by atoms with Gasteiger partial charge < -0.3 is 10.6 Å². The fourth-order valence-electron chi connectivity index (χ4n) is 2.65. The van der Waals surface area contributed by atoms with Gasteiger partial charge in [0.15, 0.2) is 0 Å². The molecule has 0 aliphatic carbocycles. The van der Waals surface area contributed by atoms with Crippen LogP contribution in [0.3, 0.4) is 0 Å². The summed E-state index contributed by atoms with van der Waals surface area (Å²) in [6, 6.07) is 18.1. The Balaban J connectivity index is 1.92. The van der Waals surface area contributed by atoms with Crippen LogP contribution in [-0.4, -0.2) is 21.6 Å². The van der Waals surface area contributed by atoms with Gasteiger partial charge in [-0.2, -0.15) is 5.10 Å². The fraction of sp³-hybridized carbons (Fsp3) is 0.143. The Morgan fingerprint density at radius 1 is 1.00 bits per heavy atom. The van der Waals surface area contributed by atoms with Crippen molar-refractivity contribution in [3.63, 3.8) is 0 Å². The molecule has 0 aliphatic heterocycles. The summed E-state index contributed by atoms with van der Waals surface area (Å²) in [5.74, 6) is -0.768. The number of nitrogens with zero attached hydrogens (tertiary/aromatic N) is 2. The first-order valence-corrected chi connectivity index (χ1v) is 8.74. The number of anilines is 2. The van der Waals surface area contributed by atoms with E-state index in [1.807, 2.05) is 49.4 Å². The summed E-state index contributed by atoms with van der Waals surface area (Å²) in [6.07, 6.45) is 0. The highest BCUT2D eigenvalue weighted by Gasteiger charge is 2.14. The van der Waals surface area contributed by atoms with Crippen LogP contribution >= 0.6 is 0 Å². The third kappa shape index (κ3) is 4.70. The zero-order valence-corrected chi connectivity index (χ0v) is 15.6. The number of aryl methyl sites for hydroxylation is 1. The van der Waals surface area contributed by atoms with Gasteiger partial charge >= 0.3 is 0 Å². The molecule has 0 saturated heterocycles. The summed E-state index contributed by atoms with van der Waals surface area (Å²) in [5, 5.41) is 9.55. The summed E-state index contributed by atoms with van der Waals surface area (Å²) in [4.78, 5) is 36.5. The van der Waals surface area contributed by atoms with Gasteiger partial charge in [0.05, 0.1) is 5.69 Å². The van der Waals surface area contributed by atoms with E-state index >= 15 is 0 Å². The smallest absolute Gasteiger partial charge is 0.291 e. The minimum atomic E-state index is -0.547. The van der Waals surface area contributed by atoms with Crippen molar-refractivity contribution >= 4 is 23.2 Å². The first-order valence-electron chi connectivity index (χ1n) is 8.74. The summed E-state index contributed by atoms with van der Waals surface area (Å²) in [7, 11) is 0. The number of carbonyl (C=O) groups is 2. The third-order valence-corrected chi connectivity index (χ3v) is 3.98. The molecule has 1 heterocycles. The van der Waals surface area contributed by atoms with Crippen molar-refractivity contribution in [2.75, 3.05) is 10.6 Å². The average molecular weight is 376 g/mol. The molecule has 0 saturated carbocycles. The minimum Gasteiger partial charge on any atom is -0.324 e. The molecule has 3 rings (SSSR count). The van der Waals surface area contributed by atoms with Crippen LogP contribution in [0.15, 0.2) is 65.5 Å². The van der Waals surface area contributed by atoms with E-state index in [1.165, 1.54) is 13.0 Å². The van der Waals surface area contributed by atoms with E-state index in [0.717, 1.165) is 15.8 Å². The maximum atomic E-state index is 12.6. The van der Waals surface area contributed by atoms with E-state index in [0.29, 0.717) is 11.4 Å². The summed E-state index contributed by atoms with van der Waals surface area (Å²) in [6.45, 7) is 2.99. The lowest BCUT2D eigenvalue weighted by molar-refractivity contribution is -0.117. The zero-order chi connectivity index (χ0) is 20.1. The van der Waals surface area contributed by atoms with Gasteiger partial charge in [0.2, 0.25) is 11.8 Å². The van der Waals surface area contributed by atoms with Gasteiger partial charge in [-0.05, 0) is 25.1 Å². The lowest BCUT2D eigenvalue weighted by atomic mass is 10.1. The van der Waals surface area contributed by atoms with E-state index in [9.17, 15) is 14.4 Å². The van der Waals surface area contributed by atoms with Crippen molar-refractivity contribution < 1.29 is 9.59 Å². The van der Waals surface area contributed by atoms with E-state index in [2.05, 4.69) is 15.7 Å². The van der Waals surface area contributed by atoms with Crippen molar-refractivity contribution in [1.82, 2.24) is 9.78 Å². The van der Waals surface area contributed by atoms with E-state index in [-0.39, 0.29) is 18.1 Å². The number of aromatic nitrogens is 2. The second kappa shape index (κ2) is 8.30. The van der Waals surface area contributed by atoms with Gasteiger partial charge in [-0.25, -0.2) is 4.68 Å². The monoisotopic (exact) mass is 376 g/mol. The molecule has 0 radical (unpaired) electrons. The second-order valence-electron chi connectivity index (χ2n) is 6.37. The van der Waals surface area contributed by atoms with Crippen molar-refractivity contribution in [3.8, 4) is 11.3 Å². The highest BCUT2D eigenvalue weighted by Crippen LogP contribution is 2.17. The molecular formula is C21H20N4O3. The molecule has 3 aromatic rings. The third-order valence-electron chi connectivity index (χ3n) is 3.98. The molecule has 0 fully saturated rings. The average Bonchev–Trinajstić information content (AvgIpc) is 2.67. The number of rotatable bonds is 5. The summed E-state index contributed by atoms with van der Waals surface area (Å²) < 4.78 is 1.05. The van der Waals surface area contributed by atoms with Crippen molar-refractivity contribution in [3.05, 3.63) is 76.6 Å². The van der Waals surface area contributed by atoms with Crippen LogP contribution in [0.25, 0.3) is 11.3 Å². The van der Waals surface area contributed by atoms with Gasteiger partial charge in [0.25, 0.3) is 5.56 Å². The number of carbonyl (C=O) groups excluding carboxylic acids is 2. The van der Waals surface area contributed by atoms with Gasteiger partial charge in [-0.1, -0.05) is 48.0 Å². The van der Waals surface area contributed by atoms with Crippen molar-refractivity contribution in [2.24, 2.45) is 0 Å². The number of hydrogen-bond acceptors (Lipinski definition) is 4. The molecule has 2 N–H and O–H groups in total. The highest BCUT2D eigenvalue weighted by atomic mass is 16.2. The standard InChI is InChI=1S/C21H20N4O3/c1-14-8-10-17(11-9-14)23-20(27)13-25-21(28)19(22-15(2)26)12-18(24-25)16-6-4-3-5-7-16/h3-12H,13H2,1-2H3,(H,22,26)(H,23,27). The van der Waals surface area contributed by atoms with Gasteiger partial charge in [-0.15, -0.1) is 0 Å². The molecule has 0 bridgehead atoms. The Bertz CT molecular complexity index is 1060. The maximum absolute atomic E-state index is 12.6. The maximum Gasteiger partial charge on any atom is 0.291 e.